The molecule has 1 aliphatic carbocycles. The molecule has 1 saturated heterocycles. The maximum atomic E-state index is 12.3. The number of hydrogen-bond donors (Lipinski definition) is 4. The van der Waals surface area contributed by atoms with E-state index in [-0.39, 0.29) is 11.9 Å². The minimum Gasteiger partial charge on any atom is -0.387 e. The first-order chi connectivity index (χ1) is 16.5. The van der Waals surface area contributed by atoms with Crippen molar-refractivity contribution in [2.24, 2.45) is 0 Å². The quantitative estimate of drug-likeness (QED) is 0.303. The van der Waals surface area contributed by atoms with Gasteiger partial charge in [0.15, 0.2) is 29.3 Å². The van der Waals surface area contributed by atoms with Crippen molar-refractivity contribution in [3.63, 3.8) is 0 Å². The molecule has 1 amide bonds. The van der Waals surface area contributed by atoms with Crippen LogP contribution in [0.2, 0.25) is 0 Å². The maximum Gasteiger partial charge on any atom is 0.252 e. The van der Waals surface area contributed by atoms with Crippen LogP contribution in [0.25, 0.3) is 11.2 Å². The number of hydrogen-bond acceptors (Lipinski definition) is 9. The molecule has 5 rings (SSSR count). The SMILES string of the molecule is CCNC(=O)[C@H]1O[C@@H](n2cnc3c(NOC4CC4)nc(C#Cc4ccccc4)nc32)[C@H](O)[C@@H]1O. The van der Waals surface area contributed by atoms with Crippen molar-refractivity contribution in [2.75, 3.05) is 12.0 Å². The van der Waals surface area contributed by atoms with Gasteiger partial charge in [0, 0.05) is 12.1 Å². The zero-order chi connectivity index (χ0) is 23.7. The number of benzene rings is 1. The lowest BCUT2D eigenvalue weighted by atomic mass is 10.1. The summed E-state index contributed by atoms with van der Waals surface area (Å²) >= 11 is 0. The Kier molecular flexibility index (Phi) is 6.12. The van der Waals surface area contributed by atoms with Gasteiger partial charge in [0.05, 0.1) is 12.4 Å². The smallest absolute Gasteiger partial charge is 0.252 e. The van der Waals surface area contributed by atoms with Crippen molar-refractivity contribution < 1.29 is 24.6 Å². The number of fused-ring (bicyclic) bond motifs is 1. The number of aliphatic hydroxyl groups is 2. The molecule has 3 aromatic rings. The van der Waals surface area contributed by atoms with E-state index in [1.807, 2.05) is 30.3 Å². The van der Waals surface area contributed by atoms with Crippen LogP contribution in [0.5, 0.6) is 0 Å². The van der Waals surface area contributed by atoms with Gasteiger partial charge in [-0.05, 0) is 37.8 Å². The minimum absolute atomic E-state index is 0.110. The topological polar surface area (TPSA) is 144 Å². The summed E-state index contributed by atoms with van der Waals surface area (Å²) in [7, 11) is 0. The molecule has 0 bridgehead atoms. The van der Waals surface area contributed by atoms with Crippen LogP contribution in [0, 0.1) is 11.8 Å². The second-order valence-corrected chi connectivity index (χ2v) is 8.08. The van der Waals surface area contributed by atoms with E-state index < -0.39 is 30.4 Å². The number of rotatable bonds is 6. The number of anilines is 1. The third-order valence-corrected chi connectivity index (χ3v) is 5.48. The minimum atomic E-state index is -1.41. The Morgan fingerprint density at radius 2 is 2.00 bits per heavy atom. The summed E-state index contributed by atoms with van der Waals surface area (Å²) in [5.74, 6) is 5.97. The third-order valence-electron chi connectivity index (χ3n) is 5.48. The highest BCUT2D eigenvalue weighted by atomic mass is 16.7. The molecule has 0 spiro atoms. The summed E-state index contributed by atoms with van der Waals surface area (Å²) in [5.41, 5.74) is 4.32. The lowest BCUT2D eigenvalue weighted by molar-refractivity contribution is -0.137. The first-order valence-electron chi connectivity index (χ1n) is 11.1. The number of aromatic nitrogens is 4. The average molecular weight is 464 g/mol. The average Bonchev–Trinajstić information content (AvgIpc) is 3.52. The van der Waals surface area contributed by atoms with Crippen molar-refractivity contribution in [1.82, 2.24) is 24.8 Å². The van der Waals surface area contributed by atoms with Crippen LogP contribution >= 0.6 is 0 Å². The van der Waals surface area contributed by atoms with Gasteiger partial charge in [-0.15, -0.1) is 0 Å². The molecule has 11 nitrogen and oxygen atoms in total. The van der Waals surface area contributed by atoms with Crippen LogP contribution in [0.3, 0.4) is 0 Å². The molecular weight excluding hydrogens is 440 g/mol. The first-order valence-corrected chi connectivity index (χ1v) is 11.1. The predicted molar refractivity (Wildman–Crippen MR) is 120 cm³/mol. The van der Waals surface area contributed by atoms with Gasteiger partial charge in [0.25, 0.3) is 5.91 Å². The molecule has 34 heavy (non-hydrogen) atoms. The van der Waals surface area contributed by atoms with Gasteiger partial charge in [-0.3, -0.25) is 14.2 Å². The largest absolute Gasteiger partial charge is 0.387 e. The van der Waals surface area contributed by atoms with Crippen LogP contribution in [-0.2, 0) is 14.4 Å². The van der Waals surface area contributed by atoms with Gasteiger partial charge < -0.3 is 20.3 Å². The molecule has 2 fully saturated rings. The number of aliphatic hydroxyl groups excluding tert-OH is 2. The Labute approximate surface area is 195 Å². The molecule has 4 atom stereocenters. The zero-order valence-corrected chi connectivity index (χ0v) is 18.4. The van der Waals surface area contributed by atoms with Gasteiger partial charge in [-0.2, -0.15) is 4.98 Å². The molecule has 1 aromatic carbocycles. The zero-order valence-electron chi connectivity index (χ0n) is 18.4. The van der Waals surface area contributed by atoms with Crippen LogP contribution in [0.15, 0.2) is 36.7 Å². The number of carbonyl (C=O) groups excluding carboxylic acids is 1. The number of ether oxygens (including phenoxy) is 1. The number of imidazole rings is 1. The monoisotopic (exact) mass is 464 g/mol. The van der Waals surface area contributed by atoms with Gasteiger partial charge in [0.1, 0.15) is 12.2 Å². The number of nitrogens with zero attached hydrogens (tertiary/aromatic N) is 4. The molecule has 2 aromatic heterocycles. The van der Waals surface area contributed by atoms with E-state index in [0.717, 1.165) is 18.4 Å². The summed E-state index contributed by atoms with van der Waals surface area (Å²) in [6.07, 6.45) is -1.67. The van der Waals surface area contributed by atoms with E-state index in [2.05, 4.69) is 37.6 Å². The van der Waals surface area contributed by atoms with Crippen LogP contribution in [0.1, 0.15) is 37.4 Å². The van der Waals surface area contributed by atoms with E-state index in [9.17, 15) is 15.0 Å². The number of amides is 1. The highest BCUT2D eigenvalue weighted by Crippen LogP contribution is 2.33. The van der Waals surface area contributed by atoms with E-state index in [1.54, 1.807) is 6.92 Å². The Hall–Kier alpha value is -3.56. The van der Waals surface area contributed by atoms with Crippen molar-refractivity contribution in [3.8, 4) is 11.8 Å². The number of likely N-dealkylation sites (N-methyl/N-ethyl adjacent to an activating group) is 1. The van der Waals surface area contributed by atoms with Crippen molar-refractivity contribution in [1.29, 1.82) is 0 Å². The third kappa shape index (κ3) is 4.44. The summed E-state index contributed by atoms with van der Waals surface area (Å²) in [6.45, 7) is 2.12. The molecule has 1 aliphatic heterocycles. The Morgan fingerprint density at radius 3 is 2.74 bits per heavy atom. The normalized spacial score (nSPS) is 24.0. The van der Waals surface area contributed by atoms with Crippen LogP contribution < -0.4 is 10.8 Å². The standard InChI is InChI=1S/C23H24N6O5/c1-2-24-22(32)19-17(30)18(31)23(33-19)29-12-25-16-20(28-34-14-9-10-14)26-15(27-21(16)29)11-8-13-6-4-3-5-7-13/h3-7,12,14,17-19,23,30-31H,2,9-10H2,1H3,(H,24,32)(H,26,27,28)/t17-,18+,19-,23+/m0/s1. The van der Waals surface area contributed by atoms with E-state index in [1.165, 1.54) is 10.9 Å². The summed E-state index contributed by atoms with van der Waals surface area (Å²) < 4.78 is 7.19. The van der Waals surface area contributed by atoms with Gasteiger partial charge >= 0.3 is 0 Å². The molecule has 0 unspecified atom stereocenters. The molecule has 0 radical (unpaired) electrons. The fourth-order valence-corrected chi connectivity index (χ4v) is 3.59. The van der Waals surface area contributed by atoms with Crippen molar-refractivity contribution in [3.05, 3.63) is 48.0 Å². The summed E-state index contributed by atoms with van der Waals surface area (Å²) in [6, 6.07) is 9.41. The van der Waals surface area contributed by atoms with Crippen molar-refractivity contribution in [2.45, 2.75) is 50.4 Å². The lowest BCUT2D eigenvalue weighted by Crippen LogP contribution is -2.42. The Bertz CT molecular complexity index is 1250. The molecule has 3 heterocycles. The van der Waals surface area contributed by atoms with Gasteiger partial charge in [-0.25, -0.2) is 15.4 Å². The molecule has 11 heteroatoms. The van der Waals surface area contributed by atoms with Crippen LogP contribution in [0.4, 0.5) is 5.82 Å². The van der Waals surface area contributed by atoms with Crippen molar-refractivity contribution >= 4 is 22.9 Å². The van der Waals surface area contributed by atoms with Gasteiger partial charge in [0.2, 0.25) is 5.82 Å². The lowest BCUT2D eigenvalue weighted by Gasteiger charge is -2.16. The van der Waals surface area contributed by atoms with Crippen LogP contribution in [-0.4, -0.2) is 66.6 Å². The summed E-state index contributed by atoms with van der Waals surface area (Å²) in [5, 5.41) is 23.6. The number of nitrogens with one attached hydrogen (secondary N) is 2. The molecule has 2 aliphatic rings. The second-order valence-electron chi connectivity index (χ2n) is 8.08. The molecule has 176 valence electrons. The molecule has 4 N–H and O–H groups in total. The number of carbonyl (C=O) groups is 1. The molecule has 1 saturated carbocycles. The summed E-state index contributed by atoms with van der Waals surface area (Å²) in [4.78, 5) is 31.2. The van der Waals surface area contributed by atoms with E-state index >= 15 is 0 Å². The first kappa shape index (κ1) is 22.2. The maximum absolute atomic E-state index is 12.3. The second kappa shape index (κ2) is 9.36. The highest BCUT2D eigenvalue weighted by Gasteiger charge is 2.47. The molecular formula is C23H24N6O5. The fraction of sp³-hybridized carbons (Fsp3) is 0.391. The Morgan fingerprint density at radius 1 is 1.21 bits per heavy atom. The fourth-order valence-electron chi connectivity index (χ4n) is 3.59. The Balaban J connectivity index is 1.52. The predicted octanol–water partition coefficient (Wildman–Crippen LogP) is 0.487. The van der Waals surface area contributed by atoms with E-state index in [4.69, 9.17) is 9.57 Å². The van der Waals surface area contributed by atoms with E-state index in [0.29, 0.717) is 23.5 Å². The van der Waals surface area contributed by atoms with Gasteiger partial charge in [-0.1, -0.05) is 24.1 Å². The highest BCUT2D eigenvalue weighted by molar-refractivity contribution is 5.84.